The van der Waals surface area contributed by atoms with Crippen molar-refractivity contribution in [2.45, 2.75) is 76.3 Å². The van der Waals surface area contributed by atoms with Gasteiger partial charge >= 0.3 is 5.97 Å². The molecule has 11 heteroatoms. The Morgan fingerprint density at radius 3 is 2.76 bits per heavy atom. The van der Waals surface area contributed by atoms with E-state index >= 15 is 0 Å². The molecule has 0 bridgehead atoms. The fourth-order valence-corrected chi connectivity index (χ4v) is 8.00. The molecule has 0 spiro atoms. The normalized spacial score (nSPS) is 18.7. The lowest BCUT2D eigenvalue weighted by molar-refractivity contribution is -0.137. The van der Waals surface area contributed by atoms with Gasteiger partial charge in [-0.3, -0.25) is 4.79 Å². The fourth-order valence-electron chi connectivity index (χ4n) is 6.39. The van der Waals surface area contributed by atoms with Crippen LogP contribution in [0.3, 0.4) is 0 Å². The molecule has 2 atom stereocenters. The number of hydrogen-bond donors (Lipinski definition) is 1. The smallest absolute Gasteiger partial charge is 0.304 e. The molecule has 0 amide bonds. The van der Waals surface area contributed by atoms with Gasteiger partial charge in [-0.15, -0.1) is 5.10 Å². The van der Waals surface area contributed by atoms with Crippen LogP contribution in [0, 0.1) is 13.8 Å². The molecule has 1 N–H and O–H groups in total. The molecule has 42 heavy (non-hydrogen) atoms. The van der Waals surface area contributed by atoms with Crippen molar-refractivity contribution in [1.82, 2.24) is 24.3 Å². The standard InChI is InChI=1S/C31H35N5O5S/c1-5-23-17-36(42(39,40)28-11-18(2)15-32-31(28)41-23)16-22-13-21(12-20-7-6-8-25(20)22)26(14-29(37)38)24-9-10-27-30(19(24)3)33-34-35(27)4/h9-13,15,23,26H,5-8,14,16-17H2,1-4H3,(H,37,38)/t23-,26?/m1/s1. The first-order valence-corrected chi connectivity index (χ1v) is 15.8. The predicted octanol–water partition coefficient (Wildman–Crippen LogP) is 4.44. The summed E-state index contributed by atoms with van der Waals surface area (Å²) in [6.45, 7) is 6.12. The lowest BCUT2D eigenvalue weighted by Gasteiger charge is -2.25. The summed E-state index contributed by atoms with van der Waals surface area (Å²) in [7, 11) is -2.07. The van der Waals surface area contributed by atoms with E-state index in [1.807, 2.05) is 46.0 Å². The van der Waals surface area contributed by atoms with Gasteiger partial charge in [0.1, 0.15) is 16.5 Å². The Bertz CT molecular complexity index is 1820. The van der Waals surface area contributed by atoms with E-state index in [2.05, 4.69) is 21.4 Å². The van der Waals surface area contributed by atoms with Gasteiger partial charge in [0.05, 0.1) is 18.5 Å². The van der Waals surface area contributed by atoms with Crippen molar-refractivity contribution in [2.24, 2.45) is 7.05 Å². The predicted molar refractivity (Wildman–Crippen MR) is 157 cm³/mol. The van der Waals surface area contributed by atoms with Gasteiger partial charge in [-0.05, 0) is 90.6 Å². The third-order valence-corrected chi connectivity index (χ3v) is 10.4. The number of nitrogens with zero attached hydrogens (tertiary/aromatic N) is 5. The van der Waals surface area contributed by atoms with Gasteiger partial charge in [0.25, 0.3) is 0 Å². The molecular formula is C31H35N5O5S. The topological polar surface area (TPSA) is 128 Å². The van der Waals surface area contributed by atoms with E-state index in [4.69, 9.17) is 4.74 Å². The first-order chi connectivity index (χ1) is 20.1. The Kier molecular flexibility index (Phi) is 7.26. The summed E-state index contributed by atoms with van der Waals surface area (Å²) in [6.07, 6.45) is 4.51. The molecule has 2 aromatic heterocycles. The molecule has 1 aliphatic carbocycles. The minimum atomic E-state index is -3.90. The van der Waals surface area contributed by atoms with Crippen LogP contribution in [0.2, 0.25) is 0 Å². The van der Waals surface area contributed by atoms with E-state index in [0.717, 1.165) is 69.2 Å². The van der Waals surface area contributed by atoms with Crippen LogP contribution in [0.15, 0.2) is 41.4 Å². The van der Waals surface area contributed by atoms with Crippen molar-refractivity contribution in [2.75, 3.05) is 6.54 Å². The largest absolute Gasteiger partial charge is 0.481 e. The second-order valence-corrected chi connectivity index (χ2v) is 13.4. The monoisotopic (exact) mass is 589 g/mol. The number of aryl methyl sites for hydroxylation is 4. The summed E-state index contributed by atoms with van der Waals surface area (Å²) in [5.74, 6) is -1.19. The zero-order valence-corrected chi connectivity index (χ0v) is 25.1. The Morgan fingerprint density at radius 1 is 1.19 bits per heavy atom. The molecule has 3 heterocycles. The summed E-state index contributed by atoms with van der Waals surface area (Å²) in [5, 5.41) is 18.4. The molecule has 0 saturated heterocycles. The third kappa shape index (κ3) is 4.94. The van der Waals surface area contributed by atoms with E-state index in [1.165, 1.54) is 4.31 Å². The van der Waals surface area contributed by atoms with Crippen LogP contribution < -0.4 is 4.74 Å². The van der Waals surface area contributed by atoms with E-state index in [9.17, 15) is 18.3 Å². The van der Waals surface area contributed by atoms with Crippen molar-refractivity contribution < 1.29 is 23.1 Å². The Morgan fingerprint density at radius 2 is 2.00 bits per heavy atom. The number of hydrogen-bond acceptors (Lipinski definition) is 7. The summed E-state index contributed by atoms with van der Waals surface area (Å²) >= 11 is 0. The molecule has 1 unspecified atom stereocenters. The molecule has 0 fully saturated rings. The van der Waals surface area contributed by atoms with Crippen LogP contribution in [0.1, 0.15) is 71.0 Å². The van der Waals surface area contributed by atoms with Crippen molar-refractivity contribution in [1.29, 1.82) is 0 Å². The number of aliphatic carboxylic acids is 1. The van der Waals surface area contributed by atoms with Gasteiger partial charge in [0.15, 0.2) is 0 Å². The molecule has 4 aromatic rings. The van der Waals surface area contributed by atoms with E-state index in [1.54, 1.807) is 16.9 Å². The number of carboxylic acids is 1. The van der Waals surface area contributed by atoms with Crippen molar-refractivity contribution in [3.63, 3.8) is 0 Å². The van der Waals surface area contributed by atoms with Crippen LogP contribution in [0.4, 0.5) is 0 Å². The quantitative estimate of drug-likeness (QED) is 0.335. The van der Waals surface area contributed by atoms with Crippen molar-refractivity contribution in [3.05, 3.63) is 75.5 Å². The molecular weight excluding hydrogens is 554 g/mol. The lowest BCUT2D eigenvalue weighted by atomic mass is 9.83. The van der Waals surface area contributed by atoms with Crippen LogP contribution in [0.5, 0.6) is 5.88 Å². The highest BCUT2D eigenvalue weighted by Crippen LogP contribution is 2.39. The molecule has 0 saturated carbocycles. The Hall–Kier alpha value is -3.83. The number of rotatable bonds is 7. The van der Waals surface area contributed by atoms with Gasteiger partial charge < -0.3 is 9.84 Å². The number of ether oxygens (including phenoxy) is 1. The minimum absolute atomic E-state index is 0.0860. The van der Waals surface area contributed by atoms with Gasteiger partial charge in [0.2, 0.25) is 15.9 Å². The second-order valence-electron chi connectivity index (χ2n) is 11.4. The maximum Gasteiger partial charge on any atom is 0.304 e. The molecule has 2 aromatic carbocycles. The molecule has 6 rings (SSSR count). The van der Waals surface area contributed by atoms with Gasteiger partial charge in [0, 0.05) is 25.7 Å². The molecule has 0 radical (unpaired) electrons. The highest BCUT2D eigenvalue weighted by atomic mass is 32.2. The molecule has 2 aliphatic rings. The first-order valence-electron chi connectivity index (χ1n) is 14.4. The van der Waals surface area contributed by atoms with Crippen LogP contribution in [-0.4, -0.2) is 56.4 Å². The van der Waals surface area contributed by atoms with E-state index < -0.39 is 21.9 Å². The Balaban J connectivity index is 1.46. The zero-order chi connectivity index (χ0) is 29.8. The summed E-state index contributed by atoms with van der Waals surface area (Å²) in [6, 6.07) is 9.67. The molecule has 220 valence electrons. The zero-order valence-electron chi connectivity index (χ0n) is 24.3. The van der Waals surface area contributed by atoms with E-state index in [0.29, 0.717) is 6.42 Å². The van der Waals surface area contributed by atoms with Crippen LogP contribution in [-0.2, 0) is 41.3 Å². The molecule has 10 nitrogen and oxygen atoms in total. The summed E-state index contributed by atoms with van der Waals surface area (Å²) in [5.41, 5.74) is 8.24. The fraction of sp³-hybridized carbons (Fsp3) is 0.419. The first kappa shape index (κ1) is 28.3. The molecule has 1 aliphatic heterocycles. The third-order valence-electron chi connectivity index (χ3n) is 8.63. The number of carbonyl (C=O) groups is 1. The maximum atomic E-state index is 14.0. The second kappa shape index (κ2) is 10.8. The Labute approximate surface area is 245 Å². The number of benzene rings is 2. The number of pyridine rings is 1. The number of sulfonamides is 1. The lowest BCUT2D eigenvalue weighted by Crippen LogP contribution is -2.36. The number of aromatic nitrogens is 4. The maximum absolute atomic E-state index is 14.0. The van der Waals surface area contributed by atoms with Gasteiger partial charge in [-0.25, -0.2) is 18.1 Å². The summed E-state index contributed by atoms with van der Waals surface area (Å²) in [4.78, 5) is 16.6. The highest BCUT2D eigenvalue weighted by molar-refractivity contribution is 7.89. The van der Waals surface area contributed by atoms with Crippen molar-refractivity contribution >= 4 is 27.0 Å². The van der Waals surface area contributed by atoms with Gasteiger partial charge in [-0.2, -0.15) is 4.31 Å². The van der Waals surface area contributed by atoms with Crippen molar-refractivity contribution in [3.8, 4) is 5.88 Å². The summed E-state index contributed by atoms with van der Waals surface area (Å²) < 4.78 is 37.3. The van der Waals surface area contributed by atoms with Crippen LogP contribution >= 0.6 is 0 Å². The van der Waals surface area contributed by atoms with E-state index in [-0.39, 0.29) is 36.4 Å². The average molecular weight is 590 g/mol. The average Bonchev–Trinajstić information content (AvgIpc) is 3.56. The van der Waals surface area contributed by atoms with Gasteiger partial charge in [-0.1, -0.05) is 30.3 Å². The SMILES string of the molecule is CC[C@@H]1CN(Cc2cc(C(CC(=O)O)c3ccc4c(nnn4C)c3C)cc3c2CCC3)S(=O)(=O)c2cc(C)cnc2O1. The number of fused-ring (bicyclic) bond motifs is 3. The van der Waals surface area contributed by atoms with Crippen LogP contribution in [0.25, 0.3) is 11.0 Å². The highest BCUT2D eigenvalue weighted by Gasteiger charge is 2.36. The number of carboxylic acid groups (broad SMARTS) is 1. The minimum Gasteiger partial charge on any atom is -0.481 e.